The average molecular weight is 439 g/mol. The van der Waals surface area contributed by atoms with Crippen molar-refractivity contribution in [3.8, 4) is 0 Å². The maximum absolute atomic E-state index is 11.9. The van der Waals surface area contributed by atoms with Crippen LogP contribution in [0.15, 0.2) is 0 Å². The molecule has 0 aromatic carbocycles. The third kappa shape index (κ3) is 13.7. The van der Waals surface area contributed by atoms with E-state index < -0.39 is 14.8 Å². The second-order valence-corrected chi connectivity index (χ2v) is 11.5. The van der Waals surface area contributed by atoms with Gasteiger partial charge in [0.25, 0.3) is 0 Å². The van der Waals surface area contributed by atoms with E-state index in [-0.39, 0.29) is 14.9 Å². The highest BCUT2D eigenvalue weighted by atomic mass is 32.2. The first-order valence-electron chi connectivity index (χ1n) is 11.2. The van der Waals surface area contributed by atoms with Gasteiger partial charge in [0.05, 0.1) is 4.75 Å². The molecule has 0 saturated carbocycles. The van der Waals surface area contributed by atoms with Crippen molar-refractivity contribution < 1.29 is 8.42 Å². The van der Waals surface area contributed by atoms with Crippen LogP contribution in [0.3, 0.4) is 0 Å². The van der Waals surface area contributed by atoms with Crippen LogP contribution in [0.2, 0.25) is 0 Å². The summed E-state index contributed by atoms with van der Waals surface area (Å²) in [5, 5.41) is 0. The summed E-state index contributed by atoms with van der Waals surface area (Å²) >= 11 is 0. The van der Waals surface area contributed by atoms with E-state index in [2.05, 4.69) is 25.7 Å². The lowest BCUT2D eigenvalue weighted by Gasteiger charge is -2.38. The SMILES string of the molecule is C.C.CC.CC.CC(C)(C)N1CCCCC1.CC(C)(C)S(=O)(=O)N1CCCCC1. The normalized spacial score (nSPS) is 18.1. The molecule has 0 bridgehead atoms. The lowest BCUT2D eigenvalue weighted by Crippen LogP contribution is -2.45. The Morgan fingerprint density at radius 2 is 0.897 bits per heavy atom. The number of sulfonamides is 1. The summed E-state index contributed by atoms with van der Waals surface area (Å²) in [6.45, 7) is 24.2. The van der Waals surface area contributed by atoms with Crippen LogP contribution in [0.4, 0.5) is 0 Å². The van der Waals surface area contributed by atoms with Crippen LogP contribution in [-0.2, 0) is 10.0 Å². The van der Waals surface area contributed by atoms with Crippen LogP contribution >= 0.6 is 0 Å². The van der Waals surface area contributed by atoms with Gasteiger partial charge in [0.15, 0.2) is 0 Å². The van der Waals surface area contributed by atoms with Gasteiger partial charge in [-0.15, -0.1) is 0 Å². The molecule has 0 amide bonds. The van der Waals surface area contributed by atoms with Crippen molar-refractivity contribution >= 4 is 10.0 Å². The predicted molar refractivity (Wildman–Crippen MR) is 135 cm³/mol. The molecule has 0 aromatic heterocycles. The maximum Gasteiger partial charge on any atom is 0.219 e. The molecule has 0 N–H and O–H groups in total. The van der Waals surface area contributed by atoms with Crippen molar-refractivity contribution in [1.82, 2.24) is 9.21 Å². The Morgan fingerprint density at radius 3 is 1.14 bits per heavy atom. The van der Waals surface area contributed by atoms with Gasteiger partial charge in [0.1, 0.15) is 0 Å². The summed E-state index contributed by atoms with van der Waals surface area (Å²) in [7, 11) is -3.07. The van der Waals surface area contributed by atoms with E-state index in [1.54, 1.807) is 25.1 Å². The Labute approximate surface area is 186 Å². The van der Waals surface area contributed by atoms with Crippen molar-refractivity contribution in [2.75, 3.05) is 26.2 Å². The highest BCUT2D eigenvalue weighted by Gasteiger charge is 2.35. The van der Waals surface area contributed by atoms with Gasteiger partial charge in [-0.3, -0.25) is 4.90 Å². The van der Waals surface area contributed by atoms with Gasteiger partial charge in [-0.05, 0) is 80.3 Å². The van der Waals surface area contributed by atoms with Crippen molar-refractivity contribution in [3.63, 3.8) is 0 Å². The monoisotopic (exact) mass is 438 g/mol. The zero-order chi connectivity index (χ0) is 21.7. The number of hydrogen-bond donors (Lipinski definition) is 0. The topological polar surface area (TPSA) is 40.6 Å². The second kappa shape index (κ2) is 17.5. The van der Waals surface area contributed by atoms with Crippen molar-refractivity contribution in [1.29, 1.82) is 0 Å². The average Bonchev–Trinajstić information content (AvgIpc) is 2.65. The molecule has 0 aromatic rings. The molecule has 0 unspecified atom stereocenters. The molecule has 0 radical (unpaired) electrons. The van der Waals surface area contributed by atoms with E-state index in [0.29, 0.717) is 18.6 Å². The predicted octanol–water partition coefficient (Wildman–Crippen LogP) is 7.20. The standard InChI is InChI=1S/C9H19NO2S.C9H19N.2C2H6.2CH4/c1-9(2,3)13(11,12)10-7-5-4-6-8-10;1-9(2,3)10-7-5-4-6-8-10;2*1-2;;/h4-8H2,1-3H3;4-8H2,1-3H3;2*1-2H3;2*1H4. The molecule has 2 aliphatic heterocycles. The fraction of sp³-hybridized carbons (Fsp3) is 1.00. The summed E-state index contributed by atoms with van der Waals surface area (Å²) in [4.78, 5) is 2.58. The Kier molecular flexibility index (Phi) is 21.9. The third-order valence-corrected chi connectivity index (χ3v) is 7.33. The first-order valence-corrected chi connectivity index (χ1v) is 12.6. The first kappa shape index (κ1) is 36.3. The molecule has 29 heavy (non-hydrogen) atoms. The van der Waals surface area contributed by atoms with E-state index in [1.165, 1.54) is 32.4 Å². The molecule has 2 fully saturated rings. The minimum absolute atomic E-state index is 0. The fourth-order valence-corrected chi connectivity index (χ4v) is 4.57. The van der Waals surface area contributed by atoms with Gasteiger partial charge in [-0.2, -0.15) is 0 Å². The number of piperidine rings is 2. The summed E-state index contributed by atoms with van der Waals surface area (Å²) < 4.78 is 24.9. The van der Waals surface area contributed by atoms with Crippen LogP contribution in [0.5, 0.6) is 0 Å². The third-order valence-electron chi connectivity index (χ3n) is 4.73. The summed E-state index contributed by atoms with van der Waals surface area (Å²) in [5.41, 5.74) is 0.403. The second-order valence-electron chi connectivity index (χ2n) is 8.80. The van der Waals surface area contributed by atoms with E-state index >= 15 is 0 Å². The molecular weight excluding hydrogens is 380 g/mol. The molecule has 2 rings (SSSR count). The largest absolute Gasteiger partial charge is 0.298 e. The Hall–Kier alpha value is -0.130. The van der Waals surface area contributed by atoms with Crippen LogP contribution in [-0.4, -0.2) is 54.1 Å². The van der Waals surface area contributed by atoms with Crippen molar-refractivity contribution in [2.24, 2.45) is 0 Å². The van der Waals surface area contributed by atoms with Gasteiger partial charge in [0, 0.05) is 18.6 Å². The van der Waals surface area contributed by atoms with Crippen LogP contribution in [0, 0.1) is 0 Å². The Morgan fingerprint density at radius 1 is 0.586 bits per heavy atom. The van der Waals surface area contributed by atoms with E-state index in [9.17, 15) is 8.42 Å². The molecule has 0 spiro atoms. The molecule has 5 heteroatoms. The lowest BCUT2D eigenvalue weighted by atomic mass is 10.0. The highest BCUT2D eigenvalue weighted by Crippen LogP contribution is 2.23. The molecule has 4 nitrogen and oxygen atoms in total. The smallest absolute Gasteiger partial charge is 0.219 e. The summed E-state index contributed by atoms with van der Waals surface area (Å²) in [5.74, 6) is 0. The van der Waals surface area contributed by atoms with E-state index in [4.69, 9.17) is 0 Å². The van der Waals surface area contributed by atoms with Gasteiger partial charge in [-0.25, -0.2) is 12.7 Å². The number of hydrogen-bond acceptors (Lipinski definition) is 3. The minimum Gasteiger partial charge on any atom is -0.298 e. The molecule has 182 valence electrons. The van der Waals surface area contributed by atoms with Crippen molar-refractivity contribution in [3.05, 3.63) is 0 Å². The molecule has 2 saturated heterocycles. The number of likely N-dealkylation sites (tertiary alicyclic amines) is 1. The summed E-state index contributed by atoms with van der Waals surface area (Å²) in [6.07, 6.45) is 7.42. The number of rotatable bonds is 1. The first-order chi connectivity index (χ1) is 12.5. The Balaban J connectivity index is -0.000000177. The highest BCUT2D eigenvalue weighted by molar-refractivity contribution is 7.90. The van der Waals surface area contributed by atoms with E-state index in [0.717, 1.165) is 19.3 Å². The molecule has 2 heterocycles. The van der Waals surface area contributed by atoms with Crippen molar-refractivity contribution in [2.45, 2.75) is 133 Å². The van der Waals surface area contributed by atoms with Crippen LogP contribution < -0.4 is 0 Å². The van der Waals surface area contributed by atoms with Crippen LogP contribution in [0.1, 0.15) is 123 Å². The lowest BCUT2D eigenvalue weighted by molar-refractivity contribution is 0.111. The zero-order valence-electron chi connectivity index (χ0n) is 20.2. The maximum atomic E-state index is 11.9. The molecular formula is C24H58N2O2S. The molecule has 0 aliphatic carbocycles. The van der Waals surface area contributed by atoms with Gasteiger partial charge < -0.3 is 0 Å². The quantitative estimate of drug-likeness (QED) is 0.434. The minimum atomic E-state index is -3.07. The Bertz CT molecular complexity index is 436. The van der Waals surface area contributed by atoms with Crippen LogP contribution in [0.25, 0.3) is 0 Å². The van der Waals surface area contributed by atoms with Gasteiger partial charge >= 0.3 is 0 Å². The summed E-state index contributed by atoms with van der Waals surface area (Å²) in [6, 6.07) is 0. The van der Waals surface area contributed by atoms with Gasteiger partial charge in [0.2, 0.25) is 10.0 Å². The fourth-order valence-electron chi connectivity index (χ4n) is 3.06. The molecule has 0 atom stereocenters. The molecule has 2 aliphatic rings. The van der Waals surface area contributed by atoms with Gasteiger partial charge in [-0.1, -0.05) is 55.4 Å². The number of nitrogens with zero attached hydrogens (tertiary/aromatic N) is 2. The zero-order valence-corrected chi connectivity index (χ0v) is 21.0. The van der Waals surface area contributed by atoms with E-state index in [1.807, 2.05) is 27.7 Å².